The Bertz CT molecular complexity index is 569. The zero-order valence-electron chi connectivity index (χ0n) is 11.5. The van der Waals surface area contributed by atoms with Crippen molar-refractivity contribution in [1.29, 1.82) is 0 Å². The van der Waals surface area contributed by atoms with Gasteiger partial charge >= 0.3 is 0 Å². The van der Waals surface area contributed by atoms with E-state index < -0.39 is 14.9 Å². The largest absolute Gasteiger partial charge is 0.304 e. The van der Waals surface area contributed by atoms with E-state index in [1.54, 1.807) is 0 Å². The number of hydrogen-bond acceptors (Lipinski definition) is 3. The van der Waals surface area contributed by atoms with E-state index >= 15 is 0 Å². The first-order chi connectivity index (χ1) is 9.40. The highest BCUT2D eigenvalue weighted by atomic mass is 35.7. The van der Waals surface area contributed by atoms with Gasteiger partial charge in [0.25, 0.3) is 9.05 Å². The van der Waals surface area contributed by atoms with Crippen LogP contribution in [0.5, 0.6) is 0 Å². The molecule has 2 rings (SSSR count). The Morgan fingerprint density at radius 2 is 2.00 bits per heavy atom. The first-order valence-electron chi connectivity index (χ1n) is 6.85. The van der Waals surface area contributed by atoms with Gasteiger partial charge in [-0.15, -0.1) is 0 Å². The molecule has 1 aromatic carbocycles. The second-order valence-corrected chi connectivity index (χ2v) is 7.81. The molecule has 1 aliphatic heterocycles. The van der Waals surface area contributed by atoms with Crippen molar-refractivity contribution in [2.24, 2.45) is 5.92 Å². The summed E-state index contributed by atoms with van der Waals surface area (Å²) < 4.78 is 36.4. The van der Waals surface area contributed by atoms with E-state index in [2.05, 4.69) is 11.8 Å². The van der Waals surface area contributed by atoms with E-state index in [0.717, 1.165) is 38.5 Å². The van der Waals surface area contributed by atoms with E-state index in [4.69, 9.17) is 10.7 Å². The summed E-state index contributed by atoms with van der Waals surface area (Å²) in [5.41, 5.74) is 0.495. The quantitative estimate of drug-likeness (QED) is 0.801. The summed E-state index contributed by atoms with van der Waals surface area (Å²) in [4.78, 5) is 2.40. The van der Waals surface area contributed by atoms with Crippen LogP contribution >= 0.6 is 10.7 Å². The summed E-state index contributed by atoms with van der Waals surface area (Å²) >= 11 is 0. The number of piperidine rings is 1. The number of hydrogen-bond donors (Lipinski definition) is 0. The van der Waals surface area contributed by atoms with E-state index in [1.807, 2.05) is 0 Å². The van der Waals surface area contributed by atoms with Gasteiger partial charge in [0.2, 0.25) is 0 Å². The SMILES string of the molecule is CCN1CCC(Cc2cc(F)ccc2S(=O)(=O)Cl)CC1. The van der Waals surface area contributed by atoms with Crippen LogP contribution in [0.1, 0.15) is 25.3 Å². The van der Waals surface area contributed by atoms with Gasteiger partial charge in [0, 0.05) is 10.7 Å². The minimum atomic E-state index is -3.82. The Morgan fingerprint density at radius 1 is 1.35 bits per heavy atom. The maximum atomic E-state index is 13.4. The summed E-state index contributed by atoms with van der Waals surface area (Å²) in [5, 5.41) is 0. The van der Waals surface area contributed by atoms with Crippen LogP contribution in [0.3, 0.4) is 0 Å². The first kappa shape index (κ1) is 15.7. The molecule has 0 saturated carbocycles. The van der Waals surface area contributed by atoms with Gasteiger partial charge in [-0.2, -0.15) is 0 Å². The molecule has 0 aromatic heterocycles. The number of benzene rings is 1. The van der Waals surface area contributed by atoms with E-state index in [1.165, 1.54) is 12.1 Å². The minimum absolute atomic E-state index is 0.0403. The lowest BCUT2D eigenvalue weighted by atomic mass is 9.90. The lowest BCUT2D eigenvalue weighted by molar-refractivity contribution is 0.191. The summed E-state index contributed by atoms with van der Waals surface area (Å²) in [6, 6.07) is 3.69. The number of nitrogens with zero attached hydrogens (tertiary/aromatic N) is 1. The van der Waals surface area contributed by atoms with Crippen molar-refractivity contribution < 1.29 is 12.8 Å². The highest BCUT2D eigenvalue weighted by Gasteiger charge is 2.22. The lowest BCUT2D eigenvalue weighted by Crippen LogP contribution is -2.34. The number of rotatable bonds is 4. The van der Waals surface area contributed by atoms with E-state index in [-0.39, 0.29) is 4.90 Å². The Balaban J connectivity index is 2.15. The monoisotopic (exact) mass is 319 g/mol. The molecule has 1 heterocycles. The Kier molecular flexibility index (Phi) is 5.04. The van der Waals surface area contributed by atoms with Gasteiger partial charge in [0.15, 0.2) is 0 Å². The van der Waals surface area contributed by atoms with Crippen LogP contribution in [0.15, 0.2) is 23.1 Å². The van der Waals surface area contributed by atoms with Crippen molar-refractivity contribution in [2.45, 2.75) is 31.1 Å². The second-order valence-electron chi connectivity index (χ2n) is 5.27. The van der Waals surface area contributed by atoms with Crippen LogP contribution in [0, 0.1) is 11.7 Å². The predicted octanol–water partition coefficient (Wildman–Crippen LogP) is 3.03. The molecule has 6 heteroatoms. The van der Waals surface area contributed by atoms with Crippen LogP contribution in [0.25, 0.3) is 0 Å². The number of halogens is 2. The Labute approximate surface area is 124 Å². The molecule has 0 unspecified atom stereocenters. The van der Waals surface area contributed by atoms with Crippen molar-refractivity contribution >= 4 is 19.7 Å². The third kappa shape index (κ3) is 3.93. The third-order valence-electron chi connectivity index (χ3n) is 3.95. The molecule has 3 nitrogen and oxygen atoms in total. The Hall–Kier alpha value is -0.650. The van der Waals surface area contributed by atoms with Gasteiger partial charge in [-0.05, 0) is 68.6 Å². The summed E-state index contributed by atoms with van der Waals surface area (Å²) in [6.07, 6.45) is 2.58. The summed E-state index contributed by atoms with van der Waals surface area (Å²) in [7, 11) is 1.60. The molecule has 20 heavy (non-hydrogen) atoms. The average molecular weight is 320 g/mol. The van der Waals surface area contributed by atoms with Crippen LogP contribution < -0.4 is 0 Å². The minimum Gasteiger partial charge on any atom is -0.304 e. The van der Waals surface area contributed by atoms with Gasteiger partial charge in [-0.25, -0.2) is 12.8 Å². The molecule has 1 aromatic rings. The zero-order chi connectivity index (χ0) is 14.8. The van der Waals surface area contributed by atoms with Crippen molar-refractivity contribution in [3.8, 4) is 0 Å². The van der Waals surface area contributed by atoms with Gasteiger partial charge in [-0.1, -0.05) is 6.92 Å². The fourth-order valence-corrected chi connectivity index (χ4v) is 3.90. The molecule has 0 atom stereocenters. The Morgan fingerprint density at radius 3 is 2.55 bits per heavy atom. The highest BCUT2D eigenvalue weighted by Crippen LogP contribution is 2.27. The molecule has 0 amide bonds. The standard InChI is InChI=1S/C14H19ClFNO2S/c1-2-17-7-5-11(6-8-17)9-12-10-13(16)3-4-14(12)20(15,18)19/h3-4,10-11H,2,5-9H2,1H3. The van der Waals surface area contributed by atoms with Crippen molar-refractivity contribution in [1.82, 2.24) is 4.90 Å². The van der Waals surface area contributed by atoms with E-state index in [9.17, 15) is 12.8 Å². The van der Waals surface area contributed by atoms with Crippen molar-refractivity contribution in [3.05, 3.63) is 29.6 Å². The van der Waals surface area contributed by atoms with Gasteiger partial charge < -0.3 is 4.90 Å². The fourth-order valence-electron chi connectivity index (χ4n) is 2.76. The highest BCUT2D eigenvalue weighted by molar-refractivity contribution is 8.13. The third-order valence-corrected chi connectivity index (χ3v) is 5.37. The molecule has 1 fully saturated rings. The smallest absolute Gasteiger partial charge is 0.261 e. The van der Waals surface area contributed by atoms with Gasteiger partial charge in [0.05, 0.1) is 4.90 Å². The molecular weight excluding hydrogens is 301 g/mol. The summed E-state index contributed by atoms with van der Waals surface area (Å²) in [6.45, 7) is 5.19. The van der Waals surface area contributed by atoms with Crippen LogP contribution in [0.4, 0.5) is 4.39 Å². The molecule has 1 aliphatic rings. The second kappa shape index (κ2) is 6.41. The maximum absolute atomic E-state index is 13.4. The maximum Gasteiger partial charge on any atom is 0.261 e. The number of likely N-dealkylation sites (tertiary alicyclic amines) is 1. The van der Waals surface area contributed by atoms with Crippen LogP contribution in [-0.4, -0.2) is 33.0 Å². The van der Waals surface area contributed by atoms with Gasteiger partial charge in [-0.3, -0.25) is 0 Å². The van der Waals surface area contributed by atoms with Gasteiger partial charge in [0.1, 0.15) is 5.82 Å². The molecule has 112 valence electrons. The molecule has 0 N–H and O–H groups in total. The topological polar surface area (TPSA) is 37.4 Å². The van der Waals surface area contributed by atoms with Crippen molar-refractivity contribution in [3.63, 3.8) is 0 Å². The average Bonchev–Trinajstić information content (AvgIpc) is 2.38. The van der Waals surface area contributed by atoms with Crippen LogP contribution in [0.2, 0.25) is 0 Å². The predicted molar refractivity (Wildman–Crippen MR) is 78.0 cm³/mol. The zero-order valence-corrected chi connectivity index (χ0v) is 13.1. The molecule has 0 aliphatic carbocycles. The normalized spacial score (nSPS) is 18.4. The summed E-state index contributed by atoms with van der Waals surface area (Å²) in [5.74, 6) is -0.0353. The molecule has 0 spiro atoms. The fraction of sp³-hybridized carbons (Fsp3) is 0.571. The lowest BCUT2D eigenvalue weighted by Gasteiger charge is -2.31. The van der Waals surface area contributed by atoms with Crippen molar-refractivity contribution in [2.75, 3.05) is 19.6 Å². The first-order valence-corrected chi connectivity index (χ1v) is 9.16. The van der Waals surface area contributed by atoms with E-state index in [0.29, 0.717) is 17.9 Å². The molecule has 0 radical (unpaired) electrons. The molecular formula is C14H19ClFNO2S. The van der Waals surface area contributed by atoms with Crippen LogP contribution in [-0.2, 0) is 15.5 Å². The molecule has 0 bridgehead atoms. The molecule has 1 saturated heterocycles.